The van der Waals surface area contributed by atoms with E-state index in [1.54, 1.807) is 12.1 Å². The first kappa shape index (κ1) is 9.96. The summed E-state index contributed by atoms with van der Waals surface area (Å²) in [5.41, 5.74) is 1.73. The summed E-state index contributed by atoms with van der Waals surface area (Å²) in [5, 5.41) is 0. The highest BCUT2D eigenvalue weighted by Crippen LogP contribution is 2.34. The molecule has 2 aromatic rings. The highest BCUT2D eigenvalue weighted by atomic mass is 32.1. The molecule has 14 heavy (non-hydrogen) atoms. The Bertz CT molecular complexity index is 547. The van der Waals surface area contributed by atoms with E-state index in [-0.39, 0.29) is 5.82 Å². The van der Waals surface area contributed by atoms with E-state index in [4.69, 9.17) is 24.4 Å². The lowest BCUT2D eigenvalue weighted by Crippen LogP contribution is -1.89. The fraction of sp³-hybridized carbons (Fsp3) is 0. The number of benzene rings is 1. The molecule has 4 heteroatoms. The van der Waals surface area contributed by atoms with Gasteiger partial charge in [-0.3, -0.25) is 0 Å². The SMILES string of the molecule is Fc1ccc(-c2c(S)c(=S)c2=S)cc1. The Balaban J connectivity index is 2.58. The molecule has 0 amide bonds. The van der Waals surface area contributed by atoms with Crippen molar-refractivity contribution in [2.45, 2.75) is 4.90 Å². The maximum atomic E-state index is 12.6. The van der Waals surface area contributed by atoms with E-state index in [1.807, 2.05) is 0 Å². The summed E-state index contributed by atoms with van der Waals surface area (Å²) in [6.45, 7) is 0. The summed E-state index contributed by atoms with van der Waals surface area (Å²) in [7, 11) is 0. The maximum Gasteiger partial charge on any atom is 0.123 e. The van der Waals surface area contributed by atoms with Crippen molar-refractivity contribution in [2.75, 3.05) is 0 Å². The summed E-state index contributed by atoms with van der Waals surface area (Å²) in [6, 6.07) is 6.14. The highest BCUT2D eigenvalue weighted by molar-refractivity contribution is 7.81. The predicted molar refractivity (Wildman–Crippen MR) is 63.1 cm³/mol. The molecular formula is C10H5FS3. The van der Waals surface area contributed by atoms with E-state index in [1.165, 1.54) is 12.1 Å². The normalized spacial score (nSPS) is 10.7. The maximum absolute atomic E-state index is 12.6. The fourth-order valence-corrected chi connectivity index (χ4v) is 2.29. The van der Waals surface area contributed by atoms with Crippen molar-refractivity contribution >= 4 is 37.1 Å². The van der Waals surface area contributed by atoms with Crippen molar-refractivity contribution in [2.24, 2.45) is 0 Å². The van der Waals surface area contributed by atoms with Crippen LogP contribution in [0.3, 0.4) is 0 Å². The molecule has 0 aliphatic heterocycles. The first-order valence-electron chi connectivity index (χ1n) is 3.89. The van der Waals surface area contributed by atoms with Crippen molar-refractivity contribution in [3.05, 3.63) is 39.1 Å². The quantitative estimate of drug-likeness (QED) is 0.588. The van der Waals surface area contributed by atoms with E-state index in [9.17, 15) is 4.39 Å². The summed E-state index contributed by atoms with van der Waals surface area (Å²) in [4.78, 5) is 0.733. The van der Waals surface area contributed by atoms with Gasteiger partial charge in [-0.2, -0.15) is 0 Å². The van der Waals surface area contributed by atoms with Crippen LogP contribution in [0, 0.1) is 14.8 Å². The average Bonchev–Trinajstić information content (AvgIpc) is 2.21. The first-order valence-corrected chi connectivity index (χ1v) is 5.16. The molecule has 0 aliphatic rings. The zero-order valence-electron chi connectivity index (χ0n) is 6.95. The van der Waals surface area contributed by atoms with Gasteiger partial charge >= 0.3 is 0 Å². The zero-order valence-corrected chi connectivity index (χ0v) is 9.48. The number of halogens is 1. The van der Waals surface area contributed by atoms with Crippen molar-refractivity contribution in [1.82, 2.24) is 0 Å². The molecule has 0 aliphatic carbocycles. The molecule has 0 bridgehead atoms. The van der Waals surface area contributed by atoms with Gasteiger partial charge in [-0.1, -0.05) is 36.6 Å². The molecule has 0 N–H and O–H groups in total. The lowest BCUT2D eigenvalue weighted by Gasteiger charge is -2.09. The molecule has 0 saturated heterocycles. The zero-order chi connectivity index (χ0) is 10.3. The number of hydrogen-bond donors (Lipinski definition) is 1. The minimum absolute atomic E-state index is 0.261. The van der Waals surface area contributed by atoms with E-state index in [0.717, 1.165) is 16.0 Å². The van der Waals surface area contributed by atoms with Gasteiger partial charge in [0.25, 0.3) is 0 Å². The summed E-state index contributed by atoms with van der Waals surface area (Å²) < 4.78 is 13.9. The van der Waals surface area contributed by atoms with Gasteiger partial charge in [-0.15, -0.1) is 12.6 Å². The monoisotopic (exact) mass is 240 g/mol. The second-order valence-electron chi connectivity index (χ2n) is 2.89. The van der Waals surface area contributed by atoms with Crippen molar-refractivity contribution in [3.63, 3.8) is 0 Å². The van der Waals surface area contributed by atoms with E-state index < -0.39 is 0 Å². The van der Waals surface area contributed by atoms with Gasteiger partial charge in [0.15, 0.2) is 0 Å². The molecule has 0 atom stereocenters. The van der Waals surface area contributed by atoms with Gasteiger partial charge in [0, 0.05) is 10.5 Å². The van der Waals surface area contributed by atoms with E-state index in [2.05, 4.69) is 12.6 Å². The Morgan fingerprint density at radius 3 is 2.07 bits per heavy atom. The van der Waals surface area contributed by atoms with Crippen LogP contribution in [-0.4, -0.2) is 0 Å². The molecule has 0 nitrogen and oxygen atoms in total. The van der Waals surface area contributed by atoms with Crippen molar-refractivity contribution in [3.8, 4) is 11.1 Å². The lowest BCUT2D eigenvalue weighted by molar-refractivity contribution is 0.628. The van der Waals surface area contributed by atoms with E-state index >= 15 is 0 Å². The Labute approximate surface area is 96.5 Å². The Hall–Kier alpha value is -0.580. The largest absolute Gasteiger partial charge is 0.207 e. The van der Waals surface area contributed by atoms with Crippen LogP contribution in [0.15, 0.2) is 29.2 Å². The minimum atomic E-state index is -0.261. The molecular weight excluding hydrogens is 235 g/mol. The van der Waals surface area contributed by atoms with Crippen LogP contribution in [0.2, 0.25) is 0 Å². The number of hydrogen-bond acceptors (Lipinski definition) is 3. The van der Waals surface area contributed by atoms with E-state index in [0.29, 0.717) is 9.02 Å². The van der Waals surface area contributed by atoms with Crippen molar-refractivity contribution in [1.29, 1.82) is 0 Å². The lowest BCUT2D eigenvalue weighted by atomic mass is 10.0. The molecule has 0 radical (unpaired) electrons. The molecule has 2 aromatic carbocycles. The van der Waals surface area contributed by atoms with Crippen LogP contribution in [0.4, 0.5) is 4.39 Å². The van der Waals surface area contributed by atoms with Gasteiger partial charge < -0.3 is 0 Å². The second-order valence-corrected chi connectivity index (χ2v) is 4.15. The van der Waals surface area contributed by atoms with Gasteiger partial charge in [0.2, 0.25) is 0 Å². The van der Waals surface area contributed by atoms with Gasteiger partial charge in [-0.05, 0) is 17.7 Å². The summed E-state index contributed by atoms with van der Waals surface area (Å²) in [5.74, 6) is -0.261. The minimum Gasteiger partial charge on any atom is -0.207 e. The average molecular weight is 240 g/mol. The highest BCUT2D eigenvalue weighted by Gasteiger charge is 2.12. The Morgan fingerprint density at radius 1 is 1.00 bits per heavy atom. The van der Waals surface area contributed by atoms with Gasteiger partial charge in [0.05, 0.1) is 9.02 Å². The molecule has 70 valence electrons. The summed E-state index contributed by atoms with van der Waals surface area (Å²) >= 11 is 14.3. The summed E-state index contributed by atoms with van der Waals surface area (Å²) in [6.07, 6.45) is 0. The third-order valence-electron chi connectivity index (χ3n) is 2.02. The van der Waals surface area contributed by atoms with Gasteiger partial charge in [-0.25, -0.2) is 4.39 Å². The van der Waals surface area contributed by atoms with Crippen LogP contribution in [0.5, 0.6) is 0 Å². The molecule has 0 aromatic heterocycles. The van der Waals surface area contributed by atoms with Crippen LogP contribution in [0.1, 0.15) is 0 Å². The first-order chi connectivity index (χ1) is 6.61. The standard InChI is InChI=1S/C10H5FS3/c11-6-3-1-5(2-4-6)7-8(12)10(14)9(7)13/h1-4,12H. The Morgan fingerprint density at radius 2 is 1.57 bits per heavy atom. The van der Waals surface area contributed by atoms with Crippen molar-refractivity contribution < 1.29 is 4.39 Å². The third-order valence-corrected chi connectivity index (χ3v) is 3.56. The smallest absolute Gasteiger partial charge is 0.123 e. The molecule has 0 spiro atoms. The molecule has 0 saturated carbocycles. The van der Waals surface area contributed by atoms with Gasteiger partial charge in [0.1, 0.15) is 5.82 Å². The van der Waals surface area contributed by atoms with Crippen LogP contribution in [0.25, 0.3) is 11.1 Å². The molecule has 0 fully saturated rings. The Kier molecular flexibility index (Phi) is 2.51. The second kappa shape index (κ2) is 3.53. The van der Waals surface area contributed by atoms with Crippen LogP contribution >= 0.6 is 37.1 Å². The number of thiol groups is 1. The predicted octanol–water partition coefficient (Wildman–Crippen LogP) is 4.12. The third kappa shape index (κ3) is 1.43. The molecule has 0 heterocycles. The fourth-order valence-electron chi connectivity index (χ4n) is 1.26. The number of rotatable bonds is 1. The molecule has 0 unspecified atom stereocenters. The van der Waals surface area contributed by atoms with Crippen LogP contribution in [-0.2, 0) is 0 Å². The molecule has 2 rings (SSSR count). The topological polar surface area (TPSA) is 0 Å². The van der Waals surface area contributed by atoms with Crippen LogP contribution < -0.4 is 0 Å².